The van der Waals surface area contributed by atoms with Gasteiger partial charge in [-0.05, 0) is 24.3 Å². The molecule has 0 aromatic heterocycles. The predicted octanol–water partition coefficient (Wildman–Crippen LogP) is 2.76. The topological polar surface area (TPSA) is 15.7 Å². The van der Waals surface area contributed by atoms with Gasteiger partial charge < -0.3 is 4.74 Å². The minimum atomic E-state index is 0.430. The van der Waals surface area contributed by atoms with Gasteiger partial charge in [0.05, 0.1) is 18.8 Å². The van der Waals surface area contributed by atoms with E-state index in [4.69, 9.17) is 4.74 Å². The first-order valence-corrected chi connectivity index (χ1v) is 9.00. The average Bonchev–Trinajstić information content (AvgIpc) is 3.18. The quantitative estimate of drug-likeness (QED) is 0.850. The van der Waals surface area contributed by atoms with E-state index in [1.807, 2.05) is 0 Å². The molecule has 3 heteroatoms. The summed E-state index contributed by atoms with van der Waals surface area (Å²) < 4.78 is 6.08. The number of hydrogen-bond acceptors (Lipinski definition) is 3. The Morgan fingerprint density at radius 2 is 1.86 bits per heavy atom. The Labute approximate surface area is 134 Å². The van der Waals surface area contributed by atoms with Crippen molar-refractivity contribution in [1.29, 1.82) is 0 Å². The molecule has 0 N–H and O–H groups in total. The Morgan fingerprint density at radius 3 is 2.68 bits per heavy atom. The van der Waals surface area contributed by atoms with Crippen LogP contribution in [-0.2, 0) is 11.3 Å². The third kappa shape index (κ3) is 3.22. The molecule has 0 unspecified atom stereocenters. The van der Waals surface area contributed by atoms with Gasteiger partial charge in [-0.15, -0.1) is 0 Å². The van der Waals surface area contributed by atoms with E-state index in [0.717, 1.165) is 32.2 Å². The van der Waals surface area contributed by atoms with Crippen molar-refractivity contribution >= 4 is 0 Å². The Morgan fingerprint density at radius 1 is 1.05 bits per heavy atom. The first-order valence-electron chi connectivity index (χ1n) is 9.00. The van der Waals surface area contributed by atoms with Crippen molar-refractivity contribution in [1.82, 2.24) is 9.80 Å². The molecule has 1 aliphatic carbocycles. The van der Waals surface area contributed by atoms with Gasteiger partial charge in [0.15, 0.2) is 0 Å². The number of ether oxygens (including phenoxy) is 1. The molecule has 4 rings (SSSR count). The minimum Gasteiger partial charge on any atom is -0.374 e. The second-order valence-electron chi connectivity index (χ2n) is 7.30. The van der Waals surface area contributed by atoms with Crippen LogP contribution in [0.15, 0.2) is 30.3 Å². The molecule has 0 radical (unpaired) electrons. The molecule has 2 saturated heterocycles. The van der Waals surface area contributed by atoms with Gasteiger partial charge in [0.2, 0.25) is 0 Å². The van der Waals surface area contributed by atoms with Crippen LogP contribution < -0.4 is 0 Å². The van der Waals surface area contributed by atoms with E-state index in [2.05, 4.69) is 40.1 Å². The molecule has 1 saturated carbocycles. The first-order chi connectivity index (χ1) is 10.9. The summed E-state index contributed by atoms with van der Waals surface area (Å²) in [5, 5.41) is 0. The summed E-state index contributed by atoms with van der Waals surface area (Å²) in [7, 11) is 0. The lowest BCUT2D eigenvalue weighted by Gasteiger charge is -2.37. The SMILES string of the molecule is c1ccc(CN2CCO[C@H]3CN(CC4CCCC4)C[C@@H]32)cc1. The van der Waals surface area contributed by atoms with Crippen LogP contribution in [0.2, 0.25) is 0 Å². The van der Waals surface area contributed by atoms with Gasteiger partial charge in [-0.1, -0.05) is 43.2 Å². The second-order valence-corrected chi connectivity index (χ2v) is 7.30. The van der Waals surface area contributed by atoms with Gasteiger partial charge >= 0.3 is 0 Å². The fourth-order valence-corrected chi connectivity index (χ4v) is 4.56. The number of nitrogens with zero attached hydrogens (tertiary/aromatic N) is 2. The molecule has 1 aromatic carbocycles. The highest BCUT2D eigenvalue weighted by atomic mass is 16.5. The number of benzene rings is 1. The van der Waals surface area contributed by atoms with Crippen molar-refractivity contribution in [3.8, 4) is 0 Å². The van der Waals surface area contributed by atoms with Crippen molar-refractivity contribution < 1.29 is 4.74 Å². The highest BCUT2D eigenvalue weighted by Gasteiger charge is 2.40. The molecule has 2 heterocycles. The molecular formula is C19H28N2O. The third-order valence-electron chi connectivity index (χ3n) is 5.71. The van der Waals surface area contributed by atoms with Crippen LogP contribution in [0.1, 0.15) is 31.2 Å². The van der Waals surface area contributed by atoms with Gasteiger partial charge in [-0.25, -0.2) is 0 Å². The van der Waals surface area contributed by atoms with Gasteiger partial charge in [0, 0.05) is 32.7 Å². The Hall–Kier alpha value is -0.900. The maximum absolute atomic E-state index is 6.08. The number of likely N-dealkylation sites (tertiary alicyclic amines) is 1. The van der Waals surface area contributed by atoms with E-state index in [0.29, 0.717) is 12.1 Å². The summed E-state index contributed by atoms with van der Waals surface area (Å²) in [6, 6.07) is 11.5. The van der Waals surface area contributed by atoms with Crippen molar-refractivity contribution in [2.24, 2.45) is 5.92 Å². The van der Waals surface area contributed by atoms with Crippen LogP contribution in [0, 0.1) is 5.92 Å². The maximum Gasteiger partial charge on any atom is 0.0870 e. The molecular weight excluding hydrogens is 272 g/mol. The Bertz CT molecular complexity index is 472. The second kappa shape index (κ2) is 6.69. The third-order valence-corrected chi connectivity index (χ3v) is 5.71. The van der Waals surface area contributed by atoms with Crippen molar-refractivity contribution in [2.75, 3.05) is 32.8 Å². The standard InChI is InChI=1S/C19H28N2O/c1-2-6-17(7-3-1)13-21-10-11-22-19-15-20(14-18(19)21)12-16-8-4-5-9-16/h1-3,6-7,16,18-19H,4-5,8-15H2/t18-,19-/m0/s1. The van der Waals surface area contributed by atoms with Crippen LogP contribution in [0.5, 0.6) is 0 Å². The highest BCUT2D eigenvalue weighted by Crippen LogP contribution is 2.29. The van der Waals surface area contributed by atoms with Gasteiger partial charge in [-0.3, -0.25) is 9.80 Å². The monoisotopic (exact) mass is 300 g/mol. The van der Waals surface area contributed by atoms with E-state index in [-0.39, 0.29) is 0 Å². The molecule has 120 valence electrons. The predicted molar refractivity (Wildman–Crippen MR) is 88.8 cm³/mol. The molecule has 2 atom stereocenters. The number of rotatable bonds is 4. The lowest BCUT2D eigenvalue weighted by Crippen LogP contribution is -2.50. The number of hydrogen-bond donors (Lipinski definition) is 0. The van der Waals surface area contributed by atoms with Crippen LogP contribution in [-0.4, -0.2) is 54.7 Å². The number of morpholine rings is 1. The molecule has 2 aliphatic heterocycles. The molecule has 0 amide bonds. The van der Waals surface area contributed by atoms with Gasteiger partial charge in [0.25, 0.3) is 0 Å². The minimum absolute atomic E-state index is 0.430. The van der Waals surface area contributed by atoms with E-state index in [1.54, 1.807) is 0 Å². The Kier molecular flexibility index (Phi) is 4.47. The fourth-order valence-electron chi connectivity index (χ4n) is 4.56. The molecule has 0 spiro atoms. The molecule has 0 bridgehead atoms. The maximum atomic E-state index is 6.08. The van der Waals surface area contributed by atoms with Crippen molar-refractivity contribution in [3.05, 3.63) is 35.9 Å². The summed E-state index contributed by atoms with van der Waals surface area (Å²) in [6.07, 6.45) is 6.21. The van der Waals surface area contributed by atoms with Crippen LogP contribution in [0.4, 0.5) is 0 Å². The summed E-state index contributed by atoms with van der Waals surface area (Å²) in [5.41, 5.74) is 1.43. The lowest BCUT2D eigenvalue weighted by atomic mass is 10.1. The largest absolute Gasteiger partial charge is 0.374 e. The zero-order valence-electron chi connectivity index (χ0n) is 13.5. The lowest BCUT2D eigenvalue weighted by molar-refractivity contribution is -0.0504. The first kappa shape index (κ1) is 14.7. The molecule has 1 aromatic rings. The molecule has 3 fully saturated rings. The van der Waals surface area contributed by atoms with Crippen molar-refractivity contribution in [3.63, 3.8) is 0 Å². The summed E-state index contributed by atoms with van der Waals surface area (Å²) in [5.74, 6) is 0.947. The molecule has 22 heavy (non-hydrogen) atoms. The summed E-state index contributed by atoms with van der Waals surface area (Å²) >= 11 is 0. The van der Waals surface area contributed by atoms with Gasteiger partial charge in [0.1, 0.15) is 0 Å². The molecule has 3 aliphatic rings. The van der Waals surface area contributed by atoms with Gasteiger partial charge in [-0.2, -0.15) is 0 Å². The Balaban J connectivity index is 1.38. The summed E-state index contributed by atoms with van der Waals surface area (Å²) in [4.78, 5) is 5.33. The fraction of sp³-hybridized carbons (Fsp3) is 0.684. The molecule has 3 nitrogen and oxygen atoms in total. The zero-order valence-corrected chi connectivity index (χ0v) is 13.5. The van der Waals surface area contributed by atoms with E-state index in [9.17, 15) is 0 Å². The normalized spacial score (nSPS) is 30.7. The average molecular weight is 300 g/mol. The zero-order chi connectivity index (χ0) is 14.8. The highest BCUT2D eigenvalue weighted by molar-refractivity contribution is 5.15. The van der Waals surface area contributed by atoms with Crippen LogP contribution in [0.3, 0.4) is 0 Å². The van der Waals surface area contributed by atoms with Crippen LogP contribution in [0.25, 0.3) is 0 Å². The summed E-state index contributed by atoms with van der Waals surface area (Å²) in [6.45, 7) is 6.69. The van der Waals surface area contributed by atoms with E-state index in [1.165, 1.54) is 44.3 Å². The van der Waals surface area contributed by atoms with E-state index < -0.39 is 0 Å². The van der Waals surface area contributed by atoms with Crippen molar-refractivity contribution in [2.45, 2.75) is 44.4 Å². The van der Waals surface area contributed by atoms with E-state index >= 15 is 0 Å². The smallest absolute Gasteiger partial charge is 0.0870 e. The number of fused-ring (bicyclic) bond motifs is 1. The van der Waals surface area contributed by atoms with Crippen LogP contribution >= 0.6 is 0 Å².